The zero-order chi connectivity index (χ0) is 26.2. The van der Waals surface area contributed by atoms with Gasteiger partial charge in [-0.25, -0.2) is 10.4 Å². The van der Waals surface area contributed by atoms with Gasteiger partial charge in [-0.2, -0.15) is 5.10 Å². The first-order valence-electron chi connectivity index (χ1n) is 11.4. The number of para-hydroxylation sites is 2. The third kappa shape index (κ3) is 5.54. The van der Waals surface area contributed by atoms with Crippen LogP contribution in [0.3, 0.4) is 0 Å². The molecule has 188 valence electrons. The Balaban J connectivity index is 1.65. The van der Waals surface area contributed by atoms with Gasteiger partial charge >= 0.3 is 0 Å². The first-order chi connectivity index (χ1) is 18.1. The van der Waals surface area contributed by atoms with Crippen LogP contribution in [0.25, 0.3) is 28.2 Å². The van der Waals surface area contributed by atoms with E-state index in [9.17, 15) is 4.79 Å². The van der Waals surface area contributed by atoms with Gasteiger partial charge in [-0.3, -0.25) is 4.79 Å². The number of allylic oxidation sites excluding steroid dienone is 1. The summed E-state index contributed by atoms with van der Waals surface area (Å²) < 4.78 is 21.7. The van der Waals surface area contributed by atoms with E-state index in [0.717, 1.165) is 11.3 Å². The third-order valence-corrected chi connectivity index (χ3v) is 5.66. The summed E-state index contributed by atoms with van der Waals surface area (Å²) in [7, 11) is 6.26. The maximum Gasteiger partial charge on any atom is 0.272 e. The van der Waals surface area contributed by atoms with Gasteiger partial charge in [-0.1, -0.05) is 36.4 Å². The average molecular weight is 498 g/mol. The van der Waals surface area contributed by atoms with Crippen LogP contribution in [0.1, 0.15) is 15.9 Å². The molecular weight excluding hydrogens is 470 g/mol. The smallest absolute Gasteiger partial charge is 0.272 e. The van der Waals surface area contributed by atoms with Crippen LogP contribution < -0.4 is 24.4 Å². The predicted octanol–water partition coefficient (Wildman–Crippen LogP) is 5.37. The normalized spacial score (nSPS) is 11.1. The molecule has 0 fully saturated rings. The van der Waals surface area contributed by atoms with Gasteiger partial charge in [0.15, 0.2) is 11.5 Å². The number of carbonyl (C=O) groups is 1. The van der Waals surface area contributed by atoms with Gasteiger partial charge in [0, 0.05) is 22.7 Å². The Hall–Kier alpha value is -4.85. The predicted molar refractivity (Wildman–Crippen MR) is 145 cm³/mol. The van der Waals surface area contributed by atoms with Crippen LogP contribution in [0.5, 0.6) is 23.0 Å². The molecule has 4 rings (SSSR count). The quantitative estimate of drug-likeness (QED) is 0.247. The van der Waals surface area contributed by atoms with Gasteiger partial charge in [-0.15, -0.1) is 0 Å². The van der Waals surface area contributed by atoms with Crippen LogP contribution in [0.4, 0.5) is 0 Å². The van der Waals surface area contributed by atoms with Gasteiger partial charge in [0.05, 0.1) is 45.2 Å². The summed E-state index contributed by atoms with van der Waals surface area (Å²) in [4.78, 5) is 17.9. The fraction of sp³-hybridized carbons (Fsp3) is 0.138. The molecule has 0 atom stereocenters. The molecule has 0 aliphatic rings. The van der Waals surface area contributed by atoms with E-state index >= 15 is 0 Å². The van der Waals surface area contributed by atoms with E-state index in [-0.39, 0.29) is 5.91 Å². The molecular formula is C29H27N3O5. The molecule has 0 aliphatic carbocycles. The monoisotopic (exact) mass is 497 g/mol. The molecule has 0 spiro atoms. The summed E-state index contributed by atoms with van der Waals surface area (Å²) in [6.45, 7) is 0. The standard InChI is InChI=1S/C29H27N3O5/c1-34-25-14-8-5-10-19(25)11-9-15-30-32-29(33)22-18-24(31-23-13-7-6-12-21(22)23)20-16-26(35-2)28(37-4)27(17-20)36-3/h5-18H,1-4H3,(H,32,33)/b11-9+,30-15+. The number of methoxy groups -OCH3 is 4. The van der Waals surface area contributed by atoms with Crippen molar-refractivity contribution in [2.24, 2.45) is 5.10 Å². The zero-order valence-electron chi connectivity index (χ0n) is 21.0. The second-order valence-corrected chi connectivity index (χ2v) is 7.81. The lowest BCUT2D eigenvalue weighted by atomic mass is 10.0. The number of amides is 1. The number of pyridine rings is 1. The molecule has 1 N–H and O–H groups in total. The van der Waals surface area contributed by atoms with Crippen molar-refractivity contribution in [3.8, 4) is 34.3 Å². The summed E-state index contributed by atoms with van der Waals surface area (Å²) in [6, 6.07) is 20.4. The van der Waals surface area contributed by atoms with E-state index in [1.807, 2.05) is 54.6 Å². The van der Waals surface area contributed by atoms with Crippen LogP contribution in [0.15, 0.2) is 77.9 Å². The maximum absolute atomic E-state index is 13.2. The van der Waals surface area contributed by atoms with Crippen molar-refractivity contribution >= 4 is 29.1 Å². The number of nitrogens with zero attached hydrogens (tertiary/aromatic N) is 2. The van der Waals surface area contributed by atoms with E-state index in [2.05, 4.69) is 10.5 Å². The minimum Gasteiger partial charge on any atom is -0.496 e. The number of hydrogen-bond acceptors (Lipinski definition) is 7. The van der Waals surface area contributed by atoms with Crippen molar-refractivity contribution in [2.75, 3.05) is 28.4 Å². The second-order valence-electron chi connectivity index (χ2n) is 7.81. The highest BCUT2D eigenvalue weighted by Gasteiger charge is 2.18. The van der Waals surface area contributed by atoms with E-state index in [4.69, 9.17) is 23.9 Å². The summed E-state index contributed by atoms with van der Waals surface area (Å²) >= 11 is 0. The zero-order valence-corrected chi connectivity index (χ0v) is 21.0. The number of nitrogens with one attached hydrogen (secondary N) is 1. The van der Waals surface area contributed by atoms with Crippen molar-refractivity contribution in [1.82, 2.24) is 10.4 Å². The molecule has 1 aromatic heterocycles. The number of benzene rings is 3. The molecule has 0 unspecified atom stereocenters. The lowest BCUT2D eigenvalue weighted by Crippen LogP contribution is -2.18. The number of fused-ring (bicyclic) bond motifs is 1. The van der Waals surface area contributed by atoms with Crippen molar-refractivity contribution < 1.29 is 23.7 Å². The minimum absolute atomic E-state index is 0.366. The number of hydrogen-bond donors (Lipinski definition) is 1. The van der Waals surface area contributed by atoms with Crippen molar-refractivity contribution in [1.29, 1.82) is 0 Å². The topological polar surface area (TPSA) is 91.3 Å². The first kappa shape index (κ1) is 25.2. The minimum atomic E-state index is -0.366. The number of carbonyl (C=O) groups excluding carboxylic acids is 1. The fourth-order valence-corrected chi connectivity index (χ4v) is 3.89. The molecule has 1 amide bonds. The number of rotatable bonds is 9. The van der Waals surface area contributed by atoms with Gasteiger partial charge in [-0.05, 0) is 42.5 Å². The van der Waals surface area contributed by atoms with Crippen molar-refractivity contribution in [2.45, 2.75) is 0 Å². The van der Waals surface area contributed by atoms with E-state index in [1.54, 1.807) is 52.7 Å². The van der Waals surface area contributed by atoms with Crippen LogP contribution in [0, 0.1) is 0 Å². The molecule has 0 radical (unpaired) electrons. The van der Waals surface area contributed by atoms with Gasteiger partial charge in [0.1, 0.15) is 5.75 Å². The number of aromatic nitrogens is 1. The summed E-state index contributed by atoms with van der Waals surface area (Å²) in [5, 5.41) is 4.78. The van der Waals surface area contributed by atoms with E-state index in [0.29, 0.717) is 45.0 Å². The summed E-state index contributed by atoms with van der Waals surface area (Å²) in [5.74, 6) is 1.84. The molecule has 0 bridgehead atoms. The molecule has 0 aliphatic heterocycles. The molecule has 37 heavy (non-hydrogen) atoms. The van der Waals surface area contributed by atoms with E-state index < -0.39 is 0 Å². The SMILES string of the molecule is COc1ccccc1/C=C/C=N/NC(=O)c1cc(-c2cc(OC)c(OC)c(OC)c2)nc2ccccc12. The van der Waals surface area contributed by atoms with Crippen molar-refractivity contribution in [3.63, 3.8) is 0 Å². The molecule has 8 nitrogen and oxygen atoms in total. The lowest BCUT2D eigenvalue weighted by molar-refractivity contribution is 0.0956. The summed E-state index contributed by atoms with van der Waals surface area (Å²) in [6.07, 6.45) is 5.08. The molecule has 8 heteroatoms. The summed E-state index contributed by atoms with van der Waals surface area (Å²) in [5.41, 5.74) is 5.87. The van der Waals surface area contributed by atoms with Gasteiger partial charge in [0.2, 0.25) is 5.75 Å². The Morgan fingerprint density at radius 1 is 0.838 bits per heavy atom. The van der Waals surface area contributed by atoms with Crippen molar-refractivity contribution in [3.05, 3.63) is 83.9 Å². The Bertz CT molecular complexity index is 1450. The van der Waals surface area contributed by atoms with Crippen LogP contribution in [0.2, 0.25) is 0 Å². The lowest BCUT2D eigenvalue weighted by Gasteiger charge is -2.15. The molecule has 0 saturated carbocycles. The number of ether oxygens (including phenoxy) is 4. The molecule has 1 heterocycles. The second kappa shape index (κ2) is 11.7. The van der Waals surface area contributed by atoms with Crippen LogP contribution in [-0.2, 0) is 0 Å². The fourth-order valence-electron chi connectivity index (χ4n) is 3.89. The maximum atomic E-state index is 13.2. The Kier molecular flexibility index (Phi) is 8.00. The number of hydrazone groups is 1. The Labute approximate surface area is 215 Å². The highest BCUT2D eigenvalue weighted by atomic mass is 16.5. The first-order valence-corrected chi connectivity index (χ1v) is 11.4. The average Bonchev–Trinajstić information content (AvgIpc) is 2.95. The van der Waals surface area contributed by atoms with E-state index in [1.165, 1.54) is 6.21 Å². The van der Waals surface area contributed by atoms with Gasteiger partial charge < -0.3 is 18.9 Å². The van der Waals surface area contributed by atoms with Gasteiger partial charge in [0.25, 0.3) is 5.91 Å². The highest BCUT2D eigenvalue weighted by molar-refractivity contribution is 6.07. The largest absolute Gasteiger partial charge is 0.496 e. The third-order valence-electron chi connectivity index (χ3n) is 5.66. The molecule has 0 saturated heterocycles. The molecule has 4 aromatic rings. The Morgan fingerprint density at radius 2 is 1.51 bits per heavy atom. The van der Waals surface area contributed by atoms with Crippen LogP contribution in [-0.4, -0.2) is 45.5 Å². The van der Waals surface area contributed by atoms with Crippen LogP contribution >= 0.6 is 0 Å². The molecule has 3 aromatic carbocycles. The highest BCUT2D eigenvalue weighted by Crippen LogP contribution is 2.41. The Morgan fingerprint density at radius 3 is 2.22 bits per heavy atom.